The number of aliphatic hydroxyl groups excluding tert-OH is 1. The van der Waals surface area contributed by atoms with E-state index in [1.165, 1.54) is 0 Å². The summed E-state index contributed by atoms with van der Waals surface area (Å²) in [6.45, 7) is 8.44. The Morgan fingerprint density at radius 3 is 2.30 bits per heavy atom. The zero-order chi connectivity index (χ0) is 15.0. The smallest absolute Gasteiger partial charge is 0.251 e. The minimum atomic E-state index is -0.459. The molecule has 0 heterocycles. The molecule has 0 bridgehead atoms. The van der Waals surface area contributed by atoms with Crippen molar-refractivity contribution < 1.29 is 9.90 Å². The molecule has 4 nitrogen and oxygen atoms in total. The molecule has 1 amide bonds. The SMILES string of the molecule is CCCC(O)CNC(=O)c1ccc(N(CC)CC)cc1. The topological polar surface area (TPSA) is 52.6 Å². The van der Waals surface area contributed by atoms with E-state index in [2.05, 4.69) is 24.1 Å². The molecule has 1 unspecified atom stereocenters. The van der Waals surface area contributed by atoms with Gasteiger partial charge in [-0.25, -0.2) is 0 Å². The number of anilines is 1. The van der Waals surface area contributed by atoms with Crippen molar-refractivity contribution in [2.75, 3.05) is 24.5 Å². The Balaban J connectivity index is 2.57. The Morgan fingerprint density at radius 2 is 1.80 bits per heavy atom. The molecule has 0 aromatic heterocycles. The summed E-state index contributed by atoms with van der Waals surface area (Å²) in [6.07, 6.45) is 1.16. The average Bonchev–Trinajstić information content (AvgIpc) is 2.47. The predicted octanol–water partition coefficient (Wildman–Crippen LogP) is 2.42. The quantitative estimate of drug-likeness (QED) is 0.768. The van der Waals surface area contributed by atoms with Gasteiger partial charge in [-0.1, -0.05) is 13.3 Å². The summed E-state index contributed by atoms with van der Waals surface area (Å²) in [7, 11) is 0. The van der Waals surface area contributed by atoms with Crippen molar-refractivity contribution in [3.63, 3.8) is 0 Å². The number of carbonyl (C=O) groups excluding carboxylic acids is 1. The number of nitrogens with zero attached hydrogens (tertiary/aromatic N) is 1. The second-order valence-electron chi connectivity index (χ2n) is 4.87. The van der Waals surface area contributed by atoms with Crippen LogP contribution >= 0.6 is 0 Å². The van der Waals surface area contributed by atoms with Crippen LogP contribution in [0.3, 0.4) is 0 Å². The lowest BCUT2D eigenvalue weighted by Crippen LogP contribution is -2.32. The van der Waals surface area contributed by atoms with Gasteiger partial charge < -0.3 is 15.3 Å². The fraction of sp³-hybridized carbons (Fsp3) is 0.562. The normalized spacial score (nSPS) is 12.0. The molecule has 20 heavy (non-hydrogen) atoms. The Hall–Kier alpha value is -1.55. The second-order valence-corrected chi connectivity index (χ2v) is 4.87. The molecule has 0 aliphatic rings. The lowest BCUT2D eigenvalue weighted by atomic mass is 10.1. The molecule has 0 aliphatic carbocycles. The highest BCUT2D eigenvalue weighted by molar-refractivity contribution is 5.94. The molecule has 1 atom stereocenters. The van der Waals surface area contributed by atoms with Gasteiger partial charge in [0, 0.05) is 30.9 Å². The van der Waals surface area contributed by atoms with Gasteiger partial charge in [-0.3, -0.25) is 4.79 Å². The molecule has 0 aliphatic heterocycles. The minimum absolute atomic E-state index is 0.133. The lowest BCUT2D eigenvalue weighted by Gasteiger charge is -2.21. The molecule has 112 valence electrons. The van der Waals surface area contributed by atoms with Crippen LogP contribution in [-0.2, 0) is 0 Å². The number of amides is 1. The molecule has 1 rings (SSSR count). The first-order valence-corrected chi connectivity index (χ1v) is 7.43. The van der Waals surface area contributed by atoms with Crippen LogP contribution in [0.5, 0.6) is 0 Å². The average molecular weight is 278 g/mol. The van der Waals surface area contributed by atoms with E-state index in [0.717, 1.165) is 25.2 Å². The first kappa shape index (κ1) is 16.5. The molecule has 1 aromatic rings. The maximum Gasteiger partial charge on any atom is 0.251 e. The van der Waals surface area contributed by atoms with Crippen molar-refractivity contribution in [2.45, 2.75) is 39.7 Å². The standard InChI is InChI=1S/C16H26N2O2/c1-4-7-15(19)12-17-16(20)13-8-10-14(11-9-13)18(5-2)6-3/h8-11,15,19H,4-7,12H2,1-3H3,(H,17,20). The van der Waals surface area contributed by atoms with Crippen LogP contribution in [0, 0.1) is 0 Å². The third-order valence-electron chi connectivity index (χ3n) is 3.38. The van der Waals surface area contributed by atoms with E-state index < -0.39 is 6.10 Å². The van der Waals surface area contributed by atoms with Crippen molar-refractivity contribution in [3.05, 3.63) is 29.8 Å². The second kappa shape index (κ2) is 8.59. The van der Waals surface area contributed by atoms with Crippen molar-refractivity contribution in [1.82, 2.24) is 5.32 Å². The number of carbonyl (C=O) groups is 1. The van der Waals surface area contributed by atoms with Crippen molar-refractivity contribution >= 4 is 11.6 Å². The molecular formula is C16H26N2O2. The predicted molar refractivity (Wildman–Crippen MR) is 83.3 cm³/mol. The Labute approximate surface area is 121 Å². The summed E-state index contributed by atoms with van der Waals surface area (Å²) < 4.78 is 0. The Kier molecular flexibility index (Phi) is 7.09. The Morgan fingerprint density at radius 1 is 1.20 bits per heavy atom. The van der Waals surface area contributed by atoms with Crippen LogP contribution in [0.2, 0.25) is 0 Å². The minimum Gasteiger partial charge on any atom is -0.391 e. The molecule has 0 saturated carbocycles. The van der Waals surface area contributed by atoms with Crippen molar-refractivity contribution in [3.8, 4) is 0 Å². The fourth-order valence-corrected chi connectivity index (χ4v) is 2.16. The molecule has 1 aromatic carbocycles. The van der Waals surface area contributed by atoms with E-state index in [0.29, 0.717) is 18.5 Å². The van der Waals surface area contributed by atoms with Gasteiger partial charge in [-0.15, -0.1) is 0 Å². The largest absolute Gasteiger partial charge is 0.391 e. The number of nitrogens with one attached hydrogen (secondary N) is 1. The van der Waals surface area contributed by atoms with E-state index in [-0.39, 0.29) is 5.91 Å². The summed E-state index contributed by atoms with van der Waals surface area (Å²) in [6, 6.07) is 7.58. The van der Waals surface area contributed by atoms with E-state index in [4.69, 9.17) is 0 Å². The number of aliphatic hydroxyl groups is 1. The highest BCUT2D eigenvalue weighted by Gasteiger charge is 2.09. The fourth-order valence-electron chi connectivity index (χ4n) is 2.16. The summed E-state index contributed by atoms with van der Waals surface area (Å²) in [4.78, 5) is 14.2. The van der Waals surface area contributed by atoms with E-state index in [9.17, 15) is 9.90 Å². The molecule has 0 radical (unpaired) electrons. The number of benzene rings is 1. The highest BCUT2D eigenvalue weighted by atomic mass is 16.3. The van der Waals surface area contributed by atoms with E-state index in [1.807, 2.05) is 31.2 Å². The zero-order valence-electron chi connectivity index (χ0n) is 12.7. The number of hydrogen-bond donors (Lipinski definition) is 2. The van der Waals surface area contributed by atoms with Gasteiger partial charge in [-0.05, 0) is 44.5 Å². The van der Waals surface area contributed by atoms with Crippen molar-refractivity contribution in [2.24, 2.45) is 0 Å². The maximum absolute atomic E-state index is 11.9. The number of rotatable bonds is 8. The summed E-state index contributed by atoms with van der Waals surface area (Å²) in [5.74, 6) is -0.133. The molecule has 0 saturated heterocycles. The molecule has 2 N–H and O–H groups in total. The Bertz CT molecular complexity index is 399. The lowest BCUT2D eigenvalue weighted by molar-refractivity contribution is 0.0910. The summed E-state index contributed by atoms with van der Waals surface area (Å²) in [5.41, 5.74) is 1.75. The van der Waals surface area contributed by atoms with Crippen LogP contribution < -0.4 is 10.2 Å². The van der Waals surface area contributed by atoms with Gasteiger partial charge in [0.05, 0.1) is 6.10 Å². The van der Waals surface area contributed by atoms with Crippen LogP contribution in [0.25, 0.3) is 0 Å². The van der Waals surface area contributed by atoms with Gasteiger partial charge >= 0.3 is 0 Å². The summed E-state index contributed by atoms with van der Waals surface area (Å²) in [5, 5.41) is 12.4. The maximum atomic E-state index is 11.9. The van der Waals surface area contributed by atoms with Gasteiger partial charge in [0.2, 0.25) is 0 Å². The zero-order valence-corrected chi connectivity index (χ0v) is 12.7. The molecular weight excluding hydrogens is 252 g/mol. The van der Waals surface area contributed by atoms with Crippen LogP contribution in [0.4, 0.5) is 5.69 Å². The molecule has 4 heteroatoms. The molecule has 0 spiro atoms. The first-order chi connectivity index (χ1) is 9.62. The van der Waals surface area contributed by atoms with Crippen LogP contribution in [-0.4, -0.2) is 36.8 Å². The third kappa shape index (κ3) is 4.85. The molecule has 0 fully saturated rings. The van der Waals surface area contributed by atoms with Crippen molar-refractivity contribution in [1.29, 1.82) is 0 Å². The van der Waals surface area contributed by atoms with E-state index >= 15 is 0 Å². The van der Waals surface area contributed by atoms with Gasteiger partial charge in [0.25, 0.3) is 5.91 Å². The van der Waals surface area contributed by atoms with Crippen LogP contribution in [0.15, 0.2) is 24.3 Å². The first-order valence-electron chi connectivity index (χ1n) is 7.43. The van der Waals surface area contributed by atoms with E-state index in [1.54, 1.807) is 0 Å². The van der Waals surface area contributed by atoms with Gasteiger partial charge in [0.1, 0.15) is 0 Å². The van der Waals surface area contributed by atoms with Gasteiger partial charge in [0.15, 0.2) is 0 Å². The monoisotopic (exact) mass is 278 g/mol. The van der Waals surface area contributed by atoms with Crippen LogP contribution in [0.1, 0.15) is 44.0 Å². The van der Waals surface area contributed by atoms with Gasteiger partial charge in [-0.2, -0.15) is 0 Å². The number of hydrogen-bond acceptors (Lipinski definition) is 3. The highest BCUT2D eigenvalue weighted by Crippen LogP contribution is 2.14. The third-order valence-corrected chi connectivity index (χ3v) is 3.38. The summed E-state index contributed by atoms with van der Waals surface area (Å²) >= 11 is 0.